The Bertz CT molecular complexity index is 969. The fourth-order valence-corrected chi connectivity index (χ4v) is 2.65. The van der Waals surface area contributed by atoms with Crippen molar-refractivity contribution >= 4 is 11.7 Å². The quantitative estimate of drug-likeness (QED) is 0.619. The largest absolute Gasteiger partial charge is 0.497 e. The van der Waals surface area contributed by atoms with Crippen molar-refractivity contribution in [1.29, 1.82) is 0 Å². The summed E-state index contributed by atoms with van der Waals surface area (Å²) >= 11 is 0. The average molecular weight is 378 g/mol. The molecule has 7 nitrogen and oxygen atoms in total. The van der Waals surface area contributed by atoms with Crippen molar-refractivity contribution in [3.8, 4) is 17.0 Å². The number of anilines is 1. The van der Waals surface area contributed by atoms with E-state index in [9.17, 15) is 9.59 Å². The lowest BCUT2D eigenvalue weighted by Gasteiger charge is -2.09. The Hall–Kier alpha value is -3.61. The van der Waals surface area contributed by atoms with Crippen LogP contribution in [-0.2, 0) is 6.54 Å². The summed E-state index contributed by atoms with van der Waals surface area (Å²) in [6.45, 7) is 0.841. The molecule has 0 saturated carbocycles. The van der Waals surface area contributed by atoms with E-state index in [-0.39, 0.29) is 11.6 Å². The van der Waals surface area contributed by atoms with Gasteiger partial charge in [-0.15, -0.1) is 0 Å². The Labute approximate surface area is 163 Å². The van der Waals surface area contributed by atoms with Gasteiger partial charge in [0.05, 0.1) is 12.8 Å². The van der Waals surface area contributed by atoms with Gasteiger partial charge in [-0.25, -0.2) is 9.48 Å². The molecule has 0 aliphatic carbocycles. The third-order valence-electron chi connectivity index (χ3n) is 4.12. The van der Waals surface area contributed by atoms with Gasteiger partial charge in [-0.05, 0) is 36.8 Å². The fourth-order valence-electron chi connectivity index (χ4n) is 2.65. The van der Waals surface area contributed by atoms with E-state index in [0.29, 0.717) is 25.2 Å². The number of urea groups is 1. The van der Waals surface area contributed by atoms with Gasteiger partial charge in [0, 0.05) is 30.4 Å². The average Bonchev–Trinajstić information content (AvgIpc) is 2.73. The van der Waals surface area contributed by atoms with Crippen LogP contribution in [0.2, 0.25) is 0 Å². The molecule has 2 N–H and O–H groups in total. The first-order valence-corrected chi connectivity index (χ1v) is 8.98. The second-order valence-electron chi connectivity index (χ2n) is 6.11. The monoisotopic (exact) mass is 378 g/mol. The van der Waals surface area contributed by atoms with Gasteiger partial charge >= 0.3 is 6.03 Å². The van der Waals surface area contributed by atoms with E-state index in [1.165, 1.54) is 10.7 Å². The predicted octanol–water partition coefficient (Wildman–Crippen LogP) is 3.13. The van der Waals surface area contributed by atoms with Crippen molar-refractivity contribution in [2.24, 2.45) is 0 Å². The summed E-state index contributed by atoms with van der Waals surface area (Å²) in [5.74, 6) is 0.724. The number of amides is 2. The molecule has 2 aromatic carbocycles. The molecule has 2 amide bonds. The highest BCUT2D eigenvalue weighted by Gasteiger charge is 2.04. The third kappa shape index (κ3) is 5.20. The summed E-state index contributed by atoms with van der Waals surface area (Å²) in [4.78, 5) is 24.0. The van der Waals surface area contributed by atoms with Crippen LogP contribution in [-0.4, -0.2) is 29.5 Å². The van der Waals surface area contributed by atoms with Crippen LogP contribution in [0.25, 0.3) is 11.3 Å². The van der Waals surface area contributed by atoms with Crippen LogP contribution in [0.15, 0.2) is 71.5 Å². The summed E-state index contributed by atoms with van der Waals surface area (Å²) in [7, 11) is 1.59. The van der Waals surface area contributed by atoms with Gasteiger partial charge in [-0.2, -0.15) is 5.10 Å². The lowest BCUT2D eigenvalue weighted by Crippen LogP contribution is -2.31. The lowest BCUT2D eigenvalue weighted by atomic mass is 10.1. The molecular weight excluding hydrogens is 356 g/mol. The molecule has 144 valence electrons. The van der Waals surface area contributed by atoms with Gasteiger partial charge in [0.15, 0.2) is 0 Å². The highest BCUT2D eigenvalue weighted by atomic mass is 16.5. The maximum absolute atomic E-state index is 12.0. The summed E-state index contributed by atoms with van der Waals surface area (Å²) in [5, 5.41) is 9.92. The molecule has 0 fully saturated rings. The van der Waals surface area contributed by atoms with Crippen molar-refractivity contribution in [3.63, 3.8) is 0 Å². The number of aromatic nitrogens is 2. The van der Waals surface area contributed by atoms with Gasteiger partial charge in [-0.1, -0.05) is 30.3 Å². The molecule has 0 saturated heterocycles. The number of carbonyl (C=O) groups is 1. The minimum Gasteiger partial charge on any atom is -0.497 e. The number of carbonyl (C=O) groups excluding carboxylic acids is 1. The van der Waals surface area contributed by atoms with E-state index >= 15 is 0 Å². The maximum atomic E-state index is 12.0. The number of rotatable bonds is 7. The standard InChI is InChI=1S/C21H22N4O3/c1-28-18-10-8-17(9-11-18)23-21(27)22-14-5-15-25-20(26)13-12-19(24-25)16-6-3-2-4-7-16/h2-4,6-13H,5,14-15H2,1H3,(H2,22,23,27). The van der Waals surface area contributed by atoms with Gasteiger partial charge in [-0.3, -0.25) is 4.79 Å². The molecule has 3 aromatic rings. The molecule has 0 radical (unpaired) electrons. The highest BCUT2D eigenvalue weighted by molar-refractivity contribution is 5.89. The number of ether oxygens (including phenoxy) is 1. The van der Waals surface area contributed by atoms with Crippen LogP contribution >= 0.6 is 0 Å². The van der Waals surface area contributed by atoms with E-state index in [1.807, 2.05) is 30.3 Å². The Kier molecular flexibility index (Phi) is 6.41. The van der Waals surface area contributed by atoms with E-state index in [4.69, 9.17) is 4.74 Å². The molecule has 1 heterocycles. The number of hydrogen-bond donors (Lipinski definition) is 2. The van der Waals surface area contributed by atoms with Crippen molar-refractivity contribution in [1.82, 2.24) is 15.1 Å². The zero-order valence-corrected chi connectivity index (χ0v) is 15.6. The molecule has 3 rings (SSSR count). The van der Waals surface area contributed by atoms with E-state index in [1.54, 1.807) is 37.4 Å². The van der Waals surface area contributed by atoms with Crippen LogP contribution in [0.4, 0.5) is 10.5 Å². The first-order chi connectivity index (χ1) is 13.7. The number of nitrogens with zero attached hydrogens (tertiary/aromatic N) is 2. The number of benzene rings is 2. The molecule has 0 aliphatic rings. The van der Waals surface area contributed by atoms with E-state index < -0.39 is 0 Å². The molecule has 0 bridgehead atoms. The summed E-state index contributed by atoms with van der Waals surface area (Å²) in [5.41, 5.74) is 2.20. The van der Waals surface area contributed by atoms with Gasteiger partial charge in [0.1, 0.15) is 5.75 Å². The summed E-state index contributed by atoms with van der Waals surface area (Å²) in [6, 6.07) is 19.7. The smallest absolute Gasteiger partial charge is 0.319 e. The third-order valence-corrected chi connectivity index (χ3v) is 4.12. The second-order valence-corrected chi connectivity index (χ2v) is 6.11. The van der Waals surface area contributed by atoms with Gasteiger partial charge in [0.25, 0.3) is 5.56 Å². The SMILES string of the molecule is COc1ccc(NC(=O)NCCCn2nc(-c3ccccc3)ccc2=O)cc1. The molecule has 0 unspecified atom stereocenters. The Morgan fingerprint density at radius 2 is 1.79 bits per heavy atom. The molecule has 7 heteroatoms. The van der Waals surface area contributed by atoms with Gasteiger partial charge in [0.2, 0.25) is 0 Å². The molecule has 28 heavy (non-hydrogen) atoms. The molecular formula is C21H22N4O3. The van der Waals surface area contributed by atoms with Crippen LogP contribution in [0.5, 0.6) is 5.75 Å². The van der Waals surface area contributed by atoms with Crippen molar-refractivity contribution < 1.29 is 9.53 Å². The first-order valence-electron chi connectivity index (χ1n) is 8.98. The van der Waals surface area contributed by atoms with Crippen LogP contribution in [0.1, 0.15) is 6.42 Å². The zero-order valence-electron chi connectivity index (χ0n) is 15.6. The Morgan fingerprint density at radius 3 is 2.50 bits per heavy atom. The molecule has 0 aliphatic heterocycles. The predicted molar refractivity (Wildman–Crippen MR) is 109 cm³/mol. The fraction of sp³-hybridized carbons (Fsp3) is 0.190. The molecule has 0 atom stereocenters. The van der Waals surface area contributed by atoms with Crippen molar-refractivity contribution in [2.75, 3.05) is 19.0 Å². The summed E-state index contributed by atoms with van der Waals surface area (Å²) < 4.78 is 6.50. The van der Waals surface area contributed by atoms with E-state index in [2.05, 4.69) is 15.7 Å². The minimum absolute atomic E-state index is 0.164. The first kappa shape index (κ1) is 19.2. The summed E-state index contributed by atoms with van der Waals surface area (Å²) in [6.07, 6.45) is 0.585. The van der Waals surface area contributed by atoms with Crippen LogP contribution in [0.3, 0.4) is 0 Å². The van der Waals surface area contributed by atoms with Crippen LogP contribution in [0, 0.1) is 0 Å². The number of aryl methyl sites for hydroxylation is 1. The van der Waals surface area contributed by atoms with Crippen LogP contribution < -0.4 is 20.9 Å². The van der Waals surface area contributed by atoms with Gasteiger partial charge < -0.3 is 15.4 Å². The molecule has 1 aromatic heterocycles. The second kappa shape index (κ2) is 9.36. The normalized spacial score (nSPS) is 10.3. The van der Waals surface area contributed by atoms with Crippen molar-refractivity contribution in [3.05, 3.63) is 77.1 Å². The lowest BCUT2D eigenvalue weighted by molar-refractivity contribution is 0.251. The number of methoxy groups -OCH3 is 1. The Balaban J connectivity index is 1.49. The van der Waals surface area contributed by atoms with E-state index in [0.717, 1.165) is 17.0 Å². The molecule has 0 spiro atoms. The maximum Gasteiger partial charge on any atom is 0.319 e. The highest BCUT2D eigenvalue weighted by Crippen LogP contribution is 2.15. The minimum atomic E-state index is -0.302. The zero-order chi connectivity index (χ0) is 19.8. The topological polar surface area (TPSA) is 85.2 Å². The van der Waals surface area contributed by atoms with Crippen molar-refractivity contribution in [2.45, 2.75) is 13.0 Å². The Morgan fingerprint density at radius 1 is 1.04 bits per heavy atom. The number of nitrogens with one attached hydrogen (secondary N) is 2. The number of hydrogen-bond acceptors (Lipinski definition) is 4.